The summed E-state index contributed by atoms with van der Waals surface area (Å²) in [5, 5.41) is 11.4. The van der Waals surface area contributed by atoms with E-state index in [9.17, 15) is 4.79 Å². The van der Waals surface area contributed by atoms with Crippen molar-refractivity contribution in [2.75, 3.05) is 6.54 Å². The van der Waals surface area contributed by atoms with Crippen molar-refractivity contribution in [2.45, 2.75) is 25.9 Å². The summed E-state index contributed by atoms with van der Waals surface area (Å²) < 4.78 is 0. The Balaban J connectivity index is 1.73. The summed E-state index contributed by atoms with van der Waals surface area (Å²) in [6, 6.07) is 25.2. The summed E-state index contributed by atoms with van der Waals surface area (Å²) in [7, 11) is 0. The fourth-order valence-electron chi connectivity index (χ4n) is 3.10. The van der Waals surface area contributed by atoms with E-state index >= 15 is 0 Å². The van der Waals surface area contributed by atoms with Crippen LogP contribution < -0.4 is 0 Å². The van der Waals surface area contributed by atoms with Crippen molar-refractivity contribution in [3.05, 3.63) is 83.9 Å². The number of hydrogen-bond acceptors (Lipinski definition) is 2. The molecule has 0 bridgehead atoms. The Morgan fingerprint density at radius 3 is 2.24 bits per heavy atom. The van der Waals surface area contributed by atoms with Gasteiger partial charge in [-0.1, -0.05) is 66.7 Å². The summed E-state index contributed by atoms with van der Waals surface area (Å²) in [6.07, 6.45) is 0.874. The van der Waals surface area contributed by atoms with Gasteiger partial charge in [-0.15, -0.1) is 0 Å². The highest BCUT2D eigenvalue weighted by Gasteiger charge is 2.09. The largest absolute Gasteiger partial charge is 0.481 e. The third-order valence-corrected chi connectivity index (χ3v) is 4.33. The molecular formula is C22H23NO2. The van der Waals surface area contributed by atoms with E-state index in [0.29, 0.717) is 6.42 Å². The SMILES string of the molecule is O=C(O)CCCN(Cc1ccccc1)Cc1ccc2ccccc2c1. The maximum atomic E-state index is 10.8. The molecule has 0 unspecified atom stereocenters. The summed E-state index contributed by atoms with van der Waals surface area (Å²) in [5.74, 6) is -0.731. The van der Waals surface area contributed by atoms with Crippen LogP contribution in [0.5, 0.6) is 0 Å². The van der Waals surface area contributed by atoms with Gasteiger partial charge in [0.05, 0.1) is 0 Å². The molecule has 3 aromatic rings. The molecule has 3 rings (SSSR count). The van der Waals surface area contributed by atoms with Gasteiger partial charge in [0.15, 0.2) is 0 Å². The second kappa shape index (κ2) is 8.45. The van der Waals surface area contributed by atoms with Crippen molar-refractivity contribution in [3.63, 3.8) is 0 Å². The van der Waals surface area contributed by atoms with Crippen LogP contribution in [0.15, 0.2) is 72.8 Å². The van der Waals surface area contributed by atoms with Gasteiger partial charge in [-0.05, 0) is 40.9 Å². The molecule has 128 valence electrons. The highest BCUT2D eigenvalue weighted by molar-refractivity contribution is 5.82. The van der Waals surface area contributed by atoms with Crippen LogP contribution in [-0.4, -0.2) is 22.5 Å². The molecule has 0 spiro atoms. The maximum Gasteiger partial charge on any atom is 0.303 e. The highest BCUT2D eigenvalue weighted by Crippen LogP contribution is 2.18. The fraction of sp³-hybridized carbons (Fsp3) is 0.227. The zero-order chi connectivity index (χ0) is 17.5. The van der Waals surface area contributed by atoms with Crippen molar-refractivity contribution in [1.29, 1.82) is 0 Å². The molecule has 0 aliphatic heterocycles. The summed E-state index contributed by atoms with van der Waals surface area (Å²) in [5.41, 5.74) is 2.50. The molecular weight excluding hydrogens is 310 g/mol. The molecule has 0 saturated carbocycles. The minimum Gasteiger partial charge on any atom is -0.481 e. The van der Waals surface area contributed by atoms with Crippen LogP contribution in [0.4, 0.5) is 0 Å². The molecule has 3 aromatic carbocycles. The highest BCUT2D eigenvalue weighted by atomic mass is 16.4. The van der Waals surface area contributed by atoms with Crippen LogP contribution in [0.25, 0.3) is 10.8 Å². The van der Waals surface area contributed by atoms with E-state index in [-0.39, 0.29) is 6.42 Å². The van der Waals surface area contributed by atoms with Gasteiger partial charge in [-0.25, -0.2) is 0 Å². The first-order valence-electron chi connectivity index (χ1n) is 8.66. The Hall–Kier alpha value is -2.65. The van der Waals surface area contributed by atoms with Crippen LogP contribution in [0.2, 0.25) is 0 Å². The lowest BCUT2D eigenvalue weighted by Crippen LogP contribution is -2.24. The zero-order valence-electron chi connectivity index (χ0n) is 14.3. The number of carboxylic acids is 1. The molecule has 0 fully saturated rings. The lowest BCUT2D eigenvalue weighted by Gasteiger charge is -2.22. The molecule has 0 aliphatic carbocycles. The van der Waals surface area contributed by atoms with E-state index in [1.54, 1.807) is 0 Å². The third-order valence-electron chi connectivity index (χ3n) is 4.33. The second-order valence-corrected chi connectivity index (χ2v) is 6.38. The molecule has 0 aliphatic rings. The van der Waals surface area contributed by atoms with E-state index in [2.05, 4.69) is 59.5 Å². The van der Waals surface area contributed by atoms with Crippen molar-refractivity contribution in [1.82, 2.24) is 4.90 Å². The van der Waals surface area contributed by atoms with Crippen LogP contribution in [0.1, 0.15) is 24.0 Å². The Morgan fingerprint density at radius 1 is 0.800 bits per heavy atom. The summed E-state index contributed by atoms with van der Waals surface area (Å²) >= 11 is 0. The molecule has 3 nitrogen and oxygen atoms in total. The fourth-order valence-corrected chi connectivity index (χ4v) is 3.10. The molecule has 0 heterocycles. The van der Waals surface area contributed by atoms with E-state index < -0.39 is 5.97 Å². The van der Waals surface area contributed by atoms with Crippen LogP contribution in [0.3, 0.4) is 0 Å². The van der Waals surface area contributed by atoms with Gasteiger partial charge in [0, 0.05) is 19.5 Å². The van der Waals surface area contributed by atoms with Crippen LogP contribution in [-0.2, 0) is 17.9 Å². The average Bonchev–Trinajstić information content (AvgIpc) is 2.62. The van der Waals surface area contributed by atoms with Gasteiger partial charge in [0.25, 0.3) is 0 Å². The number of fused-ring (bicyclic) bond motifs is 1. The first-order chi connectivity index (χ1) is 12.2. The smallest absolute Gasteiger partial charge is 0.303 e. The molecule has 0 radical (unpaired) electrons. The van der Waals surface area contributed by atoms with Gasteiger partial charge >= 0.3 is 5.97 Å². The van der Waals surface area contributed by atoms with Gasteiger partial charge in [-0.3, -0.25) is 9.69 Å². The van der Waals surface area contributed by atoms with Crippen molar-refractivity contribution in [2.24, 2.45) is 0 Å². The summed E-state index contributed by atoms with van der Waals surface area (Å²) in [6.45, 7) is 2.42. The number of hydrogen-bond donors (Lipinski definition) is 1. The Labute approximate surface area is 148 Å². The zero-order valence-corrected chi connectivity index (χ0v) is 14.3. The van der Waals surface area contributed by atoms with Crippen molar-refractivity contribution in [3.8, 4) is 0 Å². The maximum absolute atomic E-state index is 10.8. The van der Waals surface area contributed by atoms with E-state index in [4.69, 9.17) is 5.11 Å². The number of rotatable bonds is 8. The monoisotopic (exact) mass is 333 g/mol. The number of aliphatic carboxylic acids is 1. The van der Waals surface area contributed by atoms with Crippen molar-refractivity contribution >= 4 is 16.7 Å². The Bertz CT molecular complexity index is 830. The van der Waals surface area contributed by atoms with E-state index in [1.165, 1.54) is 21.9 Å². The van der Waals surface area contributed by atoms with Crippen LogP contribution in [0, 0.1) is 0 Å². The lowest BCUT2D eigenvalue weighted by molar-refractivity contribution is -0.137. The normalized spacial score (nSPS) is 11.1. The van der Waals surface area contributed by atoms with E-state index in [0.717, 1.165) is 19.6 Å². The van der Waals surface area contributed by atoms with Crippen molar-refractivity contribution < 1.29 is 9.90 Å². The second-order valence-electron chi connectivity index (χ2n) is 6.38. The number of carbonyl (C=O) groups is 1. The topological polar surface area (TPSA) is 40.5 Å². The standard InChI is InChI=1S/C22H23NO2/c24-22(25)11-6-14-23(16-18-7-2-1-3-8-18)17-19-12-13-20-9-4-5-10-21(20)15-19/h1-5,7-10,12-13,15H,6,11,14,16-17H2,(H,24,25). The minimum absolute atomic E-state index is 0.211. The molecule has 0 aromatic heterocycles. The molecule has 0 amide bonds. The molecule has 25 heavy (non-hydrogen) atoms. The first kappa shape index (κ1) is 17.2. The Morgan fingerprint density at radius 2 is 1.48 bits per heavy atom. The van der Waals surface area contributed by atoms with E-state index in [1.807, 2.05) is 18.2 Å². The third kappa shape index (κ3) is 5.16. The Kier molecular flexibility index (Phi) is 5.81. The molecule has 0 saturated heterocycles. The molecule has 0 atom stereocenters. The van der Waals surface area contributed by atoms with Gasteiger partial charge < -0.3 is 5.11 Å². The van der Waals surface area contributed by atoms with Gasteiger partial charge in [0.2, 0.25) is 0 Å². The first-order valence-corrected chi connectivity index (χ1v) is 8.66. The lowest BCUT2D eigenvalue weighted by atomic mass is 10.1. The van der Waals surface area contributed by atoms with Gasteiger partial charge in [-0.2, -0.15) is 0 Å². The predicted octanol–water partition coefficient (Wildman–Crippen LogP) is 4.71. The average molecular weight is 333 g/mol. The minimum atomic E-state index is -0.731. The predicted molar refractivity (Wildman–Crippen MR) is 101 cm³/mol. The van der Waals surface area contributed by atoms with Gasteiger partial charge in [0.1, 0.15) is 0 Å². The quantitative estimate of drug-likeness (QED) is 0.649. The number of nitrogens with zero attached hydrogens (tertiary/aromatic N) is 1. The summed E-state index contributed by atoms with van der Waals surface area (Å²) in [4.78, 5) is 13.1. The number of benzene rings is 3. The number of carboxylic acid groups (broad SMARTS) is 1. The molecule has 3 heteroatoms. The van der Waals surface area contributed by atoms with Crippen LogP contribution >= 0.6 is 0 Å². The molecule has 1 N–H and O–H groups in total.